The summed E-state index contributed by atoms with van der Waals surface area (Å²) in [5.41, 5.74) is -1.11. The van der Waals surface area contributed by atoms with Crippen LogP contribution in [0.2, 0.25) is 0 Å². The molecule has 1 heterocycles. The Balaban J connectivity index is 2.21. The van der Waals surface area contributed by atoms with Crippen LogP contribution < -0.4 is 10.6 Å². The van der Waals surface area contributed by atoms with Gasteiger partial charge in [-0.15, -0.1) is 0 Å². The molecule has 1 saturated heterocycles. The minimum atomic E-state index is -2.15. The summed E-state index contributed by atoms with van der Waals surface area (Å²) in [6.45, 7) is 4.81. The number of halogens is 5. The van der Waals surface area contributed by atoms with Crippen molar-refractivity contribution in [3.8, 4) is 0 Å². The Morgan fingerprint density at radius 1 is 1.00 bits per heavy atom. The van der Waals surface area contributed by atoms with Gasteiger partial charge in [-0.2, -0.15) is 0 Å². The van der Waals surface area contributed by atoms with Crippen LogP contribution in [0.4, 0.5) is 27.6 Å². The molecule has 2 rings (SSSR count). The van der Waals surface area contributed by atoms with E-state index in [1.54, 1.807) is 0 Å². The Kier molecular flexibility index (Phi) is 4.41. The fourth-order valence-corrected chi connectivity index (χ4v) is 2.58. The molecule has 0 aliphatic carbocycles. The molecular formula is C14H17F5N2. The highest BCUT2D eigenvalue weighted by atomic mass is 19.2. The summed E-state index contributed by atoms with van der Waals surface area (Å²) >= 11 is 0. The Morgan fingerprint density at radius 2 is 1.52 bits per heavy atom. The molecule has 1 atom stereocenters. The van der Waals surface area contributed by atoms with E-state index in [0.29, 0.717) is 0 Å². The van der Waals surface area contributed by atoms with Crippen LogP contribution in [-0.4, -0.2) is 19.1 Å². The van der Waals surface area contributed by atoms with Crippen LogP contribution in [0.3, 0.4) is 0 Å². The molecule has 0 amide bonds. The fourth-order valence-electron chi connectivity index (χ4n) is 2.58. The molecule has 118 valence electrons. The number of rotatable bonds is 3. The van der Waals surface area contributed by atoms with Crippen molar-refractivity contribution < 1.29 is 22.0 Å². The Bertz CT molecular complexity index is 516. The first-order valence-electron chi connectivity index (χ1n) is 6.74. The average Bonchev–Trinajstić information content (AvgIpc) is 2.44. The number of benzene rings is 1. The molecule has 2 N–H and O–H groups in total. The van der Waals surface area contributed by atoms with Gasteiger partial charge in [-0.1, -0.05) is 13.8 Å². The second kappa shape index (κ2) is 5.79. The molecule has 0 bridgehead atoms. The van der Waals surface area contributed by atoms with Crippen LogP contribution >= 0.6 is 0 Å². The van der Waals surface area contributed by atoms with E-state index in [1.165, 1.54) is 0 Å². The van der Waals surface area contributed by atoms with Crippen molar-refractivity contribution in [1.29, 1.82) is 0 Å². The minimum absolute atomic E-state index is 0.0748. The molecule has 0 radical (unpaired) electrons. The summed E-state index contributed by atoms with van der Waals surface area (Å²) in [4.78, 5) is 0. The lowest BCUT2D eigenvalue weighted by Gasteiger charge is -2.39. The fraction of sp³-hybridized carbons (Fsp3) is 0.571. The zero-order valence-corrected chi connectivity index (χ0v) is 11.8. The van der Waals surface area contributed by atoms with Gasteiger partial charge in [0.1, 0.15) is 5.69 Å². The highest BCUT2D eigenvalue weighted by Crippen LogP contribution is 2.31. The van der Waals surface area contributed by atoms with E-state index in [9.17, 15) is 22.0 Å². The van der Waals surface area contributed by atoms with Gasteiger partial charge < -0.3 is 10.6 Å². The lowest BCUT2D eigenvalue weighted by molar-refractivity contribution is 0.188. The van der Waals surface area contributed by atoms with Crippen molar-refractivity contribution in [1.82, 2.24) is 5.32 Å². The van der Waals surface area contributed by atoms with E-state index in [-0.39, 0.29) is 18.0 Å². The average molecular weight is 308 g/mol. The maximum absolute atomic E-state index is 13.5. The molecule has 21 heavy (non-hydrogen) atoms. The summed E-state index contributed by atoms with van der Waals surface area (Å²) < 4.78 is 66.2. The van der Waals surface area contributed by atoms with Crippen LogP contribution in [0.1, 0.15) is 26.7 Å². The number of hydrogen-bond donors (Lipinski definition) is 2. The van der Waals surface area contributed by atoms with Crippen LogP contribution in [0.15, 0.2) is 0 Å². The van der Waals surface area contributed by atoms with Gasteiger partial charge in [0, 0.05) is 12.6 Å². The van der Waals surface area contributed by atoms with Crippen molar-refractivity contribution in [2.45, 2.75) is 32.7 Å². The van der Waals surface area contributed by atoms with Crippen molar-refractivity contribution >= 4 is 5.69 Å². The lowest BCUT2D eigenvalue weighted by atomic mass is 9.77. The minimum Gasteiger partial charge on any atom is -0.379 e. The van der Waals surface area contributed by atoms with E-state index in [2.05, 4.69) is 10.6 Å². The number of piperidine rings is 1. The second-order valence-electron chi connectivity index (χ2n) is 5.92. The van der Waals surface area contributed by atoms with Crippen LogP contribution in [0.25, 0.3) is 0 Å². The molecular weight excluding hydrogens is 291 g/mol. The van der Waals surface area contributed by atoms with Gasteiger partial charge in [-0.05, 0) is 24.8 Å². The molecule has 1 aliphatic rings. The second-order valence-corrected chi connectivity index (χ2v) is 5.92. The Morgan fingerprint density at radius 3 is 2.05 bits per heavy atom. The van der Waals surface area contributed by atoms with Crippen LogP contribution in [-0.2, 0) is 0 Å². The third-order valence-corrected chi connectivity index (χ3v) is 4.02. The van der Waals surface area contributed by atoms with Gasteiger partial charge in [-0.3, -0.25) is 0 Å². The number of hydrogen-bond acceptors (Lipinski definition) is 2. The normalized spacial score (nSPS) is 21.4. The summed E-state index contributed by atoms with van der Waals surface area (Å²) in [5, 5.41) is 5.55. The molecule has 1 aromatic rings. The van der Waals surface area contributed by atoms with Gasteiger partial charge in [0.15, 0.2) is 23.3 Å². The molecule has 1 unspecified atom stereocenters. The van der Waals surface area contributed by atoms with Gasteiger partial charge in [0.05, 0.1) is 0 Å². The predicted molar refractivity (Wildman–Crippen MR) is 69.5 cm³/mol. The van der Waals surface area contributed by atoms with Crippen molar-refractivity contribution in [3.63, 3.8) is 0 Å². The zero-order chi connectivity index (χ0) is 15.8. The first-order chi connectivity index (χ1) is 9.75. The largest absolute Gasteiger partial charge is 0.379 e. The Hall–Kier alpha value is -1.37. The topological polar surface area (TPSA) is 24.1 Å². The maximum atomic E-state index is 13.5. The molecule has 1 fully saturated rings. The van der Waals surface area contributed by atoms with E-state index in [1.807, 2.05) is 13.8 Å². The van der Waals surface area contributed by atoms with Gasteiger partial charge in [-0.25, -0.2) is 22.0 Å². The molecule has 0 spiro atoms. The summed E-state index contributed by atoms with van der Waals surface area (Å²) in [6, 6.07) is -0.124. The smallest absolute Gasteiger partial charge is 0.200 e. The van der Waals surface area contributed by atoms with E-state index < -0.39 is 34.8 Å². The van der Waals surface area contributed by atoms with Gasteiger partial charge >= 0.3 is 0 Å². The van der Waals surface area contributed by atoms with Gasteiger partial charge in [0.25, 0.3) is 0 Å². The lowest BCUT2D eigenvalue weighted by Crippen LogP contribution is -2.50. The molecule has 1 aliphatic heterocycles. The predicted octanol–water partition coefficient (Wildman–Crippen LogP) is 3.57. The molecule has 0 aromatic heterocycles. The highest BCUT2D eigenvalue weighted by Gasteiger charge is 2.33. The van der Waals surface area contributed by atoms with Crippen LogP contribution in [0, 0.1) is 34.5 Å². The van der Waals surface area contributed by atoms with Crippen molar-refractivity contribution in [2.75, 3.05) is 18.4 Å². The molecule has 1 aromatic carbocycles. The third-order valence-electron chi connectivity index (χ3n) is 4.02. The third kappa shape index (κ3) is 2.97. The van der Waals surface area contributed by atoms with E-state index in [4.69, 9.17) is 0 Å². The monoisotopic (exact) mass is 308 g/mol. The first kappa shape index (κ1) is 16.0. The summed E-state index contributed by atoms with van der Waals surface area (Å²) in [6.07, 6.45) is 1.90. The number of anilines is 1. The Labute approximate surface area is 119 Å². The quantitative estimate of drug-likeness (QED) is 0.507. The molecule has 7 heteroatoms. The first-order valence-corrected chi connectivity index (χ1v) is 6.74. The molecule has 0 saturated carbocycles. The highest BCUT2D eigenvalue weighted by molar-refractivity contribution is 5.48. The maximum Gasteiger partial charge on any atom is 0.200 e. The van der Waals surface area contributed by atoms with Crippen molar-refractivity contribution in [3.05, 3.63) is 29.1 Å². The number of nitrogens with one attached hydrogen (secondary N) is 2. The SMILES string of the molecule is CC1(C)CCCNC1CNc1c(F)c(F)c(F)c(F)c1F. The zero-order valence-electron chi connectivity index (χ0n) is 11.8. The summed E-state index contributed by atoms with van der Waals surface area (Å²) in [5.74, 6) is -9.69. The summed E-state index contributed by atoms with van der Waals surface area (Å²) in [7, 11) is 0. The van der Waals surface area contributed by atoms with E-state index >= 15 is 0 Å². The standard InChI is InChI=1S/C14H17F5N2/c1-14(2)4-3-5-20-7(14)6-21-13-11(18)9(16)8(15)10(17)12(13)19/h7,20-21H,3-6H2,1-2H3. The van der Waals surface area contributed by atoms with Crippen LogP contribution in [0.5, 0.6) is 0 Å². The van der Waals surface area contributed by atoms with Gasteiger partial charge in [0.2, 0.25) is 5.82 Å². The molecule has 2 nitrogen and oxygen atoms in total. The van der Waals surface area contributed by atoms with E-state index in [0.717, 1.165) is 19.4 Å². The van der Waals surface area contributed by atoms with Crippen molar-refractivity contribution in [2.24, 2.45) is 5.41 Å².